The summed E-state index contributed by atoms with van der Waals surface area (Å²) in [5, 5.41) is 17.9. The molecule has 0 bridgehead atoms. The van der Waals surface area contributed by atoms with Gasteiger partial charge in [0.1, 0.15) is 0 Å². The number of ether oxygens (including phenoxy) is 4. The number of carbonyl (C=O) groups excluding carboxylic acids is 2. The minimum Gasteiger partial charge on any atom is -0.493 e. The van der Waals surface area contributed by atoms with E-state index >= 15 is 0 Å². The van der Waals surface area contributed by atoms with Gasteiger partial charge in [0.05, 0.1) is 37.5 Å². The lowest BCUT2D eigenvalue weighted by Gasteiger charge is -2.34. The number of methoxy groups -OCH3 is 2. The normalized spacial score (nSPS) is 12.8. The summed E-state index contributed by atoms with van der Waals surface area (Å²) >= 11 is 0. The van der Waals surface area contributed by atoms with Gasteiger partial charge in [-0.2, -0.15) is 10.5 Å². The average Bonchev–Trinajstić information content (AvgIpc) is 2.90. The largest absolute Gasteiger partial charge is 0.493 e. The third-order valence-electron chi connectivity index (χ3n) is 5.27. The Morgan fingerprint density at radius 3 is 1.44 bits per heavy atom. The maximum absolute atomic E-state index is 12.5. The molecule has 10 heteroatoms. The molecule has 0 atom stereocenters. The Balaban J connectivity index is 1.47. The summed E-state index contributed by atoms with van der Waals surface area (Å²) in [5.41, 5.74) is 0.857. The van der Waals surface area contributed by atoms with Gasteiger partial charge < -0.3 is 28.7 Å². The van der Waals surface area contributed by atoms with E-state index in [2.05, 4.69) is 0 Å². The van der Waals surface area contributed by atoms with E-state index in [1.54, 1.807) is 46.2 Å². The number of nitriles is 2. The zero-order chi connectivity index (χ0) is 24.5. The van der Waals surface area contributed by atoms with Crippen molar-refractivity contribution in [1.82, 2.24) is 9.80 Å². The van der Waals surface area contributed by atoms with Crippen LogP contribution < -0.4 is 18.9 Å². The molecule has 34 heavy (non-hydrogen) atoms. The molecule has 2 amide bonds. The fraction of sp³-hybridized carbons (Fsp3) is 0.333. The van der Waals surface area contributed by atoms with Crippen LogP contribution in [0.1, 0.15) is 11.1 Å². The monoisotopic (exact) mass is 464 g/mol. The maximum atomic E-state index is 12.5. The van der Waals surface area contributed by atoms with Crippen molar-refractivity contribution >= 4 is 11.8 Å². The van der Waals surface area contributed by atoms with Crippen LogP contribution in [0, 0.1) is 22.7 Å². The molecule has 1 fully saturated rings. The fourth-order valence-corrected chi connectivity index (χ4v) is 3.38. The molecule has 10 nitrogen and oxygen atoms in total. The number of piperazine rings is 1. The van der Waals surface area contributed by atoms with Crippen LogP contribution >= 0.6 is 0 Å². The van der Waals surface area contributed by atoms with Crippen LogP contribution in [0.25, 0.3) is 0 Å². The molecule has 0 saturated carbocycles. The highest BCUT2D eigenvalue weighted by Crippen LogP contribution is 2.28. The number of amides is 2. The van der Waals surface area contributed by atoms with E-state index in [0.717, 1.165) is 0 Å². The van der Waals surface area contributed by atoms with Crippen LogP contribution in [-0.2, 0) is 9.59 Å². The van der Waals surface area contributed by atoms with Gasteiger partial charge in [0.15, 0.2) is 36.2 Å². The number of carbonyl (C=O) groups is 2. The van der Waals surface area contributed by atoms with Crippen molar-refractivity contribution in [2.75, 3.05) is 53.6 Å². The summed E-state index contributed by atoms with van der Waals surface area (Å²) in [6, 6.07) is 13.5. The van der Waals surface area contributed by atoms with E-state index in [9.17, 15) is 9.59 Å². The van der Waals surface area contributed by atoms with Crippen LogP contribution in [0.5, 0.6) is 23.0 Å². The Morgan fingerprint density at radius 1 is 0.735 bits per heavy atom. The molecule has 1 heterocycles. The Morgan fingerprint density at radius 2 is 1.12 bits per heavy atom. The average molecular weight is 464 g/mol. The molecule has 0 radical (unpaired) electrons. The van der Waals surface area contributed by atoms with E-state index in [-0.39, 0.29) is 25.0 Å². The summed E-state index contributed by atoms with van der Waals surface area (Å²) in [6.07, 6.45) is 0. The summed E-state index contributed by atoms with van der Waals surface area (Å²) in [7, 11) is 2.92. The molecule has 1 aliphatic heterocycles. The van der Waals surface area contributed by atoms with Crippen LogP contribution in [-0.4, -0.2) is 75.2 Å². The summed E-state index contributed by atoms with van der Waals surface area (Å²) in [4.78, 5) is 28.4. The zero-order valence-corrected chi connectivity index (χ0v) is 18.9. The predicted molar refractivity (Wildman–Crippen MR) is 120 cm³/mol. The highest BCUT2D eigenvalue weighted by molar-refractivity contribution is 5.80. The SMILES string of the molecule is COc1cc(C#N)ccc1OCC(=O)N1CCN(C(=O)COc2ccc(C#N)cc2OC)CC1. The Labute approximate surface area is 197 Å². The van der Waals surface area contributed by atoms with E-state index in [1.807, 2.05) is 12.1 Å². The van der Waals surface area contributed by atoms with Gasteiger partial charge in [0.25, 0.3) is 11.8 Å². The molecule has 0 spiro atoms. The highest BCUT2D eigenvalue weighted by atomic mass is 16.5. The Hall–Kier alpha value is -4.44. The smallest absolute Gasteiger partial charge is 0.260 e. The molecule has 176 valence electrons. The first-order chi connectivity index (χ1) is 16.5. The van der Waals surface area contributed by atoms with E-state index in [4.69, 9.17) is 29.5 Å². The standard InChI is InChI=1S/C24H24N4O6/c1-31-21-11-17(13-25)3-5-19(21)33-15-23(29)27-7-9-28(10-8-27)24(30)16-34-20-6-4-18(14-26)12-22(20)32-2/h3-6,11-12H,7-10,15-16H2,1-2H3. The summed E-state index contributed by atoms with van der Waals surface area (Å²) in [5.74, 6) is 1.08. The molecule has 0 N–H and O–H groups in total. The minimum atomic E-state index is -0.211. The number of nitrogens with zero attached hydrogens (tertiary/aromatic N) is 4. The second kappa shape index (κ2) is 11.4. The van der Waals surface area contributed by atoms with Gasteiger partial charge in [-0.3, -0.25) is 9.59 Å². The first kappa shape index (κ1) is 24.2. The highest BCUT2D eigenvalue weighted by Gasteiger charge is 2.25. The minimum absolute atomic E-state index is 0.183. The molecule has 2 aromatic rings. The van der Waals surface area contributed by atoms with Crippen LogP contribution in [0.15, 0.2) is 36.4 Å². The van der Waals surface area contributed by atoms with Crippen molar-refractivity contribution in [2.45, 2.75) is 0 Å². The summed E-state index contributed by atoms with van der Waals surface area (Å²) < 4.78 is 21.6. The molecule has 3 rings (SSSR count). The lowest BCUT2D eigenvalue weighted by molar-refractivity contribution is -0.141. The lowest BCUT2D eigenvalue weighted by Crippen LogP contribution is -2.52. The van der Waals surface area contributed by atoms with Gasteiger partial charge in [0, 0.05) is 38.3 Å². The van der Waals surface area contributed by atoms with Crippen molar-refractivity contribution in [1.29, 1.82) is 10.5 Å². The van der Waals surface area contributed by atoms with Crippen molar-refractivity contribution in [3.63, 3.8) is 0 Å². The van der Waals surface area contributed by atoms with E-state index < -0.39 is 0 Å². The third-order valence-corrected chi connectivity index (χ3v) is 5.27. The quantitative estimate of drug-likeness (QED) is 0.577. The van der Waals surface area contributed by atoms with Gasteiger partial charge in [-0.15, -0.1) is 0 Å². The van der Waals surface area contributed by atoms with Crippen molar-refractivity contribution < 1.29 is 28.5 Å². The van der Waals surface area contributed by atoms with Gasteiger partial charge in [-0.05, 0) is 24.3 Å². The molecule has 2 aromatic carbocycles. The number of hydrogen-bond acceptors (Lipinski definition) is 8. The zero-order valence-electron chi connectivity index (χ0n) is 18.9. The van der Waals surface area contributed by atoms with Crippen molar-refractivity contribution in [3.8, 4) is 35.1 Å². The molecular weight excluding hydrogens is 440 g/mol. The molecule has 1 saturated heterocycles. The second-order valence-corrected chi connectivity index (χ2v) is 7.29. The van der Waals surface area contributed by atoms with Gasteiger partial charge in [-0.25, -0.2) is 0 Å². The van der Waals surface area contributed by atoms with Gasteiger partial charge >= 0.3 is 0 Å². The van der Waals surface area contributed by atoms with E-state index in [1.165, 1.54) is 14.2 Å². The van der Waals surface area contributed by atoms with Crippen LogP contribution in [0.3, 0.4) is 0 Å². The third kappa shape index (κ3) is 5.87. The first-order valence-corrected chi connectivity index (χ1v) is 10.5. The van der Waals surface area contributed by atoms with E-state index in [0.29, 0.717) is 60.3 Å². The topological polar surface area (TPSA) is 125 Å². The molecule has 1 aliphatic rings. The van der Waals surface area contributed by atoms with Crippen LogP contribution in [0.4, 0.5) is 0 Å². The van der Waals surface area contributed by atoms with Crippen molar-refractivity contribution in [2.24, 2.45) is 0 Å². The Kier molecular flexibility index (Phi) is 8.14. The summed E-state index contributed by atoms with van der Waals surface area (Å²) in [6.45, 7) is 1.13. The maximum Gasteiger partial charge on any atom is 0.260 e. The van der Waals surface area contributed by atoms with Crippen molar-refractivity contribution in [3.05, 3.63) is 47.5 Å². The molecule has 0 unspecified atom stereocenters. The number of benzene rings is 2. The molecule has 0 aromatic heterocycles. The first-order valence-electron chi connectivity index (χ1n) is 10.5. The predicted octanol–water partition coefficient (Wildman–Crippen LogP) is 1.58. The molecular formula is C24H24N4O6. The lowest BCUT2D eigenvalue weighted by atomic mass is 10.2. The fourth-order valence-electron chi connectivity index (χ4n) is 3.38. The molecule has 0 aliphatic carbocycles. The van der Waals surface area contributed by atoms with Crippen LogP contribution in [0.2, 0.25) is 0 Å². The number of hydrogen-bond donors (Lipinski definition) is 0. The second-order valence-electron chi connectivity index (χ2n) is 7.29. The number of rotatable bonds is 8. The van der Waals surface area contributed by atoms with Gasteiger partial charge in [-0.1, -0.05) is 0 Å². The van der Waals surface area contributed by atoms with Gasteiger partial charge in [0.2, 0.25) is 0 Å². The Bertz CT molecular complexity index is 1040.